The van der Waals surface area contributed by atoms with Gasteiger partial charge >= 0.3 is 5.97 Å². The monoisotopic (exact) mass is 334 g/mol. The summed E-state index contributed by atoms with van der Waals surface area (Å²) >= 11 is 1.15. The number of esters is 1. The minimum absolute atomic E-state index is 0.208. The predicted molar refractivity (Wildman–Crippen MR) is 84.7 cm³/mol. The summed E-state index contributed by atoms with van der Waals surface area (Å²) in [6, 6.07) is 8.02. The molecule has 2 amide bonds. The highest BCUT2D eigenvalue weighted by Crippen LogP contribution is 2.22. The van der Waals surface area contributed by atoms with Crippen LogP contribution in [0.3, 0.4) is 0 Å². The van der Waals surface area contributed by atoms with E-state index in [0.29, 0.717) is 10.8 Å². The van der Waals surface area contributed by atoms with Gasteiger partial charge in [-0.3, -0.25) is 9.59 Å². The Hall–Kier alpha value is -2.87. The molecule has 23 heavy (non-hydrogen) atoms. The molecule has 0 aliphatic carbocycles. The van der Waals surface area contributed by atoms with Crippen LogP contribution >= 0.6 is 11.3 Å². The van der Waals surface area contributed by atoms with Crippen molar-refractivity contribution >= 4 is 34.1 Å². The summed E-state index contributed by atoms with van der Waals surface area (Å²) in [5, 5.41) is 4.41. The second-order valence-electron chi connectivity index (χ2n) is 4.35. The third-order valence-corrected chi connectivity index (χ3v) is 3.67. The van der Waals surface area contributed by atoms with Gasteiger partial charge in [0.25, 0.3) is 11.8 Å². The van der Waals surface area contributed by atoms with Gasteiger partial charge in [0, 0.05) is 0 Å². The number of carbonyl (C=O) groups excluding carboxylic acids is 3. The predicted octanol–water partition coefficient (Wildman–Crippen LogP) is 1.65. The molecule has 0 radical (unpaired) electrons. The zero-order valence-electron chi connectivity index (χ0n) is 12.2. The third-order valence-electron chi connectivity index (χ3n) is 2.84. The van der Waals surface area contributed by atoms with E-state index < -0.39 is 24.4 Å². The van der Waals surface area contributed by atoms with Crippen molar-refractivity contribution in [3.05, 3.63) is 46.8 Å². The molecule has 2 aromatic rings. The molecule has 1 aromatic heterocycles. The molecule has 120 valence electrons. The van der Waals surface area contributed by atoms with E-state index in [2.05, 4.69) is 5.32 Å². The number of nitrogens with one attached hydrogen (secondary N) is 1. The van der Waals surface area contributed by atoms with Gasteiger partial charge in [-0.25, -0.2) is 4.79 Å². The molecule has 2 rings (SSSR count). The quantitative estimate of drug-likeness (QED) is 0.781. The first kappa shape index (κ1) is 16.5. The van der Waals surface area contributed by atoms with Crippen LogP contribution in [0.2, 0.25) is 0 Å². The number of hydrogen-bond acceptors (Lipinski definition) is 6. The molecule has 0 spiro atoms. The number of amides is 2. The Morgan fingerprint density at radius 1 is 1.17 bits per heavy atom. The van der Waals surface area contributed by atoms with Crippen LogP contribution in [0.4, 0.5) is 5.00 Å². The van der Waals surface area contributed by atoms with Gasteiger partial charge in [-0.2, -0.15) is 0 Å². The fourth-order valence-corrected chi connectivity index (χ4v) is 2.59. The number of para-hydroxylation sites is 1. The first-order chi connectivity index (χ1) is 11.0. The summed E-state index contributed by atoms with van der Waals surface area (Å²) in [4.78, 5) is 34.9. The summed E-state index contributed by atoms with van der Waals surface area (Å²) in [6.07, 6.45) is 0. The third kappa shape index (κ3) is 4.07. The Kier molecular flexibility index (Phi) is 5.32. The highest BCUT2D eigenvalue weighted by atomic mass is 32.1. The number of hydrogen-bond donors (Lipinski definition) is 2. The number of anilines is 1. The summed E-state index contributed by atoms with van der Waals surface area (Å²) in [5.41, 5.74) is 5.61. The SMILES string of the molecule is COc1ccccc1C(=O)OCC(=O)Nc1sccc1C(N)=O. The molecule has 3 N–H and O–H groups in total. The zero-order chi connectivity index (χ0) is 16.8. The van der Waals surface area contributed by atoms with E-state index in [0.717, 1.165) is 11.3 Å². The lowest BCUT2D eigenvalue weighted by molar-refractivity contribution is -0.119. The lowest BCUT2D eigenvalue weighted by Gasteiger charge is -2.08. The maximum Gasteiger partial charge on any atom is 0.342 e. The number of methoxy groups -OCH3 is 1. The second kappa shape index (κ2) is 7.41. The van der Waals surface area contributed by atoms with E-state index in [9.17, 15) is 14.4 Å². The first-order valence-corrected chi connectivity index (χ1v) is 7.38. The van der Waals surface area contributed by atoms with Crippen molar-refractivity contribution in [1.82, 2.24) is 0 Å². The van der Waals surface area contributed by atoms with Gasteiger partial charge in [0.2, 0.25) is 0 Å². The Morgan fingerprint density at radius 2 is 1.91 bits per heavy atom. The topological polar surface area (TPSA) is 108 Å². The number of nitrogens with two attached hydrogens (primary N) is 1. The van der Waals surface area contributed by atoms with E-state index in [1.165, 1.54) is 19.2 Å². The van der Waals surface area contributed by atoms with Gasteiger partial charge in [-0.1, -0.05) is 12.1 Å². The Bertz CT molecular complexity index is 741. The standard InChI is InChI=1S/C15H14N2O5S/c1-21-11-5-3-2-4-9(11)15(20)22-8-12(18)17-14-10(13(16)19)6-7-23-14/h2-7H,8H2,1H3,(H2,16,19)(H,17,18). The van der Waals surface area contributed by atoms with Gasteiger partial charge < -0.3 is 20.5 Å². The van der Waals surface area contributed by atoms with Crippen LogP contribution in [0.15, 0.2) is 35.7 Å². The average Bonchev–Trinajstić information content (AvgIpc) is 3.00. The number of carbonyl (C=O) groups is 3. The number of benzene rings is 1. The molecule has 0 atom stereocenters. The summed E-state index contributed by atoms with van der Waals surface area (Å²) < 4.78 is 9.99. The van der Waals surface area contributed by atoms with E-state index in [-0.39, 0.29) is 11.1 Å². The van der Waals surface area contributed by atoms with Gasteiger partial charge in [0.05, 0.1) is 12.7 Å². The van der Waals surface area contributed by atoms with Crippen molar-refractivity contribution in [3.63, 3.8) is 0 Å². The van der Waals surface area contributed by atoms with Gasteiger partial charge in [0.15, 0.2) is 6.61 Å². The van der Waals surface area contributed by atoms with Gasteiger partial charge in [-0.15, -0.1) is 11.3 Å². The molecule has 0 unspecified atom stereocenters. The van der Waals surface area contributed by atoms with Crippen LogP contribution < -0.4 is 15.8 Å². The van der Waals surface area contributed by atoms with E-state index >= 15 is 0 Å². The van der Waals surface area contributed by atoms with Gasteiger partial charge in [-0.05, 0) is 23.6 Å². The van der Waals surface area contributed by atoms with Crippen LogP contribution in [0.5, 0.6) is 5.75 Å². The number of rotatable bonds is 6. The fourth-order valence-electron chi connectivity index (χ4n) is 1.78. The van der Waals surface area contributed by atoms with E-state index in [1.807, 2.05) is 0 Å². The molecule has 0 fully saturated rings. The van der Waals surface area contributed by atoms with Crippen LogP contribution in [-0.2, 0) is 9.53 Å². The molecule has 0 bridgehead atoms. The minimum Gasteiger partial charge on any atom is -0.496 e. The number of ether oxygens (including phenoxy) is 2. The molecule has 0 saturated heterocycles. The van der Waals surface area contributed by atoms with Gasteiger partial charge in [0.1, 0.15) is 16.3 Å². The highest BCUT2D eigenvalue weighted by molar-refractivity contribution is 7.14. The second-order valence-corrected chi connectivity index (χ2v) is 5.27. The summed E-state index contributed by atoms with van der Waals surface area (Å²) in [5.74, 6) is -1.54. The molecule has 0 saturated carbocycles. The first-order valence-electron chi connectivity index (χ1n) is 6.50. The largest absolute Gasteiger partial charge is 0.496 e. The molecule has 1 aromatic carbocycles. The smallest absolute Gasteiger partial charge is 0.342 e. The molecule has 1 heterocycles. The molecule has 8 heteroatoms. The van der Waals surface area contributed by atoms with Crippen molar-refractivity contribution in [3.8, 4) is 5.75 Å². The van der Waals surface area contributed by atoms with Crippen molar-refractivity contribution in [2.24, 2.45) is 5.73 Å². The lowest BCUT2D eigenvalue weighted by atomic mass is 10.2. The molecule has 0 aliphatic rings. The summed E-state index contributed by atoms with van der Waals surface area (Å²) in [6.45, 7) is -0.493. The van der Waals surface area contributed by atoms with E-state index in [1.54, 1.807) is 23.6 Å². The normalized spacial score (nSPS) is 9.96. The maximum atomic E-state index is 12.0. The average molecular weight is 334 g/mol. The Labute approximate surface area is 136 Å². The van der Waals surface area contributed by atoms with E-state index in [4.69, 9.17) is 15.2 Å². The highest BCUT2D eigenvalue weighted by Gasteiger charge is 2.16. The number of primary amides is 1. The Balaban J connectivity index is 1.95. The number of thiophene rings is 1. The van der Waals surface area contributed by atoms with Crippen molar-refractivity contribution < 1.29 is 23.9 Å². The zero-order valence-corrected chi connectivity index (χ0v) is 13.0. The Morgan fingerprint density at radius 3 is 2.61 bits per heavy atom. The maximum absolute atomic E-state index is 12.0. The van der Waals surface area contributed by atoms with Crippen LogP contribution in [0.25, 0.3) is 0 Å². The molecule has 7 nitrogen and oxygen atoms in total. The summed E-state index contributed by atoms with van der Waals surface area (Å²) in [7, 11) is 1.43. The van der Waals surface area contributed by atoms with Crippen molar-refractivity contribution in [1.29, 1.82) is 0 Å². The van der Waals surface area contributed by atoms with Crippen LogP contribution in [0.1, 0.15) is 20.7 Å². The lowest BCUT2D eigenvalue weighted by Crippen LogP contribution is -2.22. The molecule has 0 aliphatic heterocycles. The minimum atomic E-state index is -0.682. The molecular weight excluding hydrogens is 320 g/mol. The van der Waals surface area contributed by atoms with Crippen molar-refractivity contribution in [2.45, 2.75) is 0 Å². The fraction of sp³-hybridized carbons (Fsp3) is 0.133. The molecular formula is C15H14N2O5S. The van der Waals surface area contributed by atoms with Crippen LogP contribution in [0, 0.1) is 0 Å². The van der Waals surface area contributed by atoms with Crippen LogP contribution in [-0.4, -0.2) is 31.5 Å². The van der Waals surface area contributed by atoms with Crippen molar-refractivity contribution in [2.75, 3.05) is 19.0 Å².